The van der Waals surface area contributed by atoms with Crippen LogP contribution in [0.2, 0.25) is 5.02 Å². The molecule has 0 radical (unpaired) electrons. The molecule has 1 amide bonds. The van der Waals surface area contributed by atoms with Gasteiger partial charge in [0.2, 0.25) is 5.91 Å². The fourth-order valence-electron chi connectivity index (χ4n) is 2.43. The Morgan fingerprint density at radius 3 is 2.78 bits per heavy atom. The molecule has 0 aliphatic heterocycles. The minimum Gasteiger partial charge on any atom is -0.490 e. The normalized spacial score (nSPS) is 10.7. The number of hydrogen-bond donors (Lipinski definition) is 2. The van der Waals surface area contributed by atoms with Gasteiger partial charge in [0, 0.05) is 17.1 Å². The number of carbonyl (C=O) groups is 1. The van der Waals surface area contributed by atoms with Crippen LogP contribution >= 0.6 is 11.6 Å². The second kappa shape index (κ2) is 7.20. The van der Waals surface area contributed by atoms with Crippen molar-refractivity contribution in [1.82, 2.24) is 10.3 Å². The number of halogens is 1. The quantitative estimate of drug-likeness (QED) is 0.680. The number of benzene rings is 2. The number of hydrogen-bond acceptors (Lipinski definition) is 2. The molecule has 0 unspecified atom stereocenters. The molecule has 4 nitrogen and oxygen atoms in total. The van der Waals surface area contributed by atoms with Gasteiger partial charge in [0.25, 0.3) is 0 Å². The monoisotopic (exact) mass is 328 g/mol. The third-order valence-corrected chi connectivity index (χ3v) is 3.86. The van der Waals surface area contributed by atoms with Gasteiger partial charge in [-0.05, 0) is 23.8 Å². The summed E-state index contributed by atoms with van der Waals surface area (Å²) < 4.78 is 5.54. The first-order valence-electron chi connectivity index (χ1n) is 7.43. The van der Waals surface area contributed by atoms with E-state index < -0.39 is 0 Å². The Labute approximate surface area is 139 Å². The number of aromatic nitrogens is 1. The number of para-hydroxylation sites is 2. The van der Waals surface area contributed by atoms with Gasteiger partial charge in [0.1, 0.15) is 12.4 Å². The summed E-state index contributed by atoms with van der Waals surface area (Å²) in [5.74, 6) is 0.595. The Morgan fingerprint density at radius 1 is 1.13 bits per heavy atom. The van der Waals surface area contributed by atoms with Crippen LogP contribution in [0.4, 0.5) is 0 Å². The van der Waals surface area contributed by atoms with Crippen LogP contribution in [0.1, 0.15) is 5.56 Å². The lowest BCUT2D eigenvalue weighted by Crippen LogP contribution is -2.29. The number of carbonyl (C=O) groups excluding carboxylic acids is 1. The van der Waals surface area contributed by atoms with Crippen molar-refractivity contribution >= 4 is 28.4 Å². The second-order valence-corrected chi connectivity index (χ2v) is 5.57. The zero-order valence-electron chi connectivity index (χ0n) is 12.5. The van der Waals surface area contributed by atoms with Gasteiger partial charge >= 0.3 is 0 Å². The molecule has 0 saturated carbocycles. The highest BCUT2D eigenvalue weighted by molar-refractivity contribution is 6.32. The summed E-state index contributed by atoms with van der Waals surface area (Å²) in [5, 5.41) is 4.50. The molecular weight excluding hydrogens is 312 g/mol. The van der Waals surface area contributed by atoms with Crippen molar-refractivity contribution in [2.75, 3.05) is 13.2 Å². The molecule has 23 heavy (non-hydrogen) atoms. The fraction of sp³-hybridized carbons (Fsp3) is 0.167. The molecule has 2 aromatic carbocycles. The van der Waals surface area contributed by atoms with Gasteiger partial charge in [-0.25, -0.2) is 0 Å². The van der Waals surface area contributed by atoms with Crippen LogP contribution in [0, 0.1) is 0 Å². The molecule has 3 rings (SSSR count). The van der Waals surface area contributed by atoms with Crippen LogP contribution in [0.3, 0.4) is 0 Å². The maximum Gasteiger partial charge on any atom is 0.224 e. The number of fused-ring (bicyclic) bond motifs is 1. The van der Waals surface area contributed by atoms with Gasteiger partial charge in [-0.1, -0.05) is 41.9 Å². The Hall–Kier alpha value is -2.46. The van der Waals surface area contributed by atoms with E-state index in [2.05, 4.69) is 10.3 Å². The van der Waals surface area contributed by atoms with Gasteiger partial charge < -0.3 is 15.0 Å². The molecule has 3 aromatic rings. The van der Waals surface area contributed by atoms with Gasteiger partial charge in [0.05, 0.1) is 18.0 Å². The summed E-state index contributed by atoms with van der Waals surface area (Å²) in [6, 6.07) is 15.2. The van der Waals surface area contributed by atoms with E-state index in [9.17, 15) is 4.79 Å². The first kappa shape index (κ1) is 15.4. The van der Waals surface area contributed by atoms with Crippen molar-refractivity contribution in [2.24, 2.45) is 0 Å². The highest BCUT2D eigenvalue weighted by Crippen LogP contribution is 2.22. The third-order valence-electron chi connectivity index (χ3n) is 3.54. The van der Waals surface area contributed by atoms with E-state index in [-0.39, 0.29) is 5.91 Å². The van der Waals surface area contributed by atoms with E-state index in [4.69, 9.17) is 16.3 Å². The average molecular weight is 329 g/mol. The Bertz CT molecular complexity index is 813. The SMILES string of the molecule is O=C(Cc1c[nH]c2ccccc12)NCCOc1ccccc1Cl. The maximum absolute atomic E-state index is 12.0. The van der Waals surface area contributed by atoms with E-state index in [0.29, 0.717) is 30.3 Å². The van der Waals surface area contributed by atoms with Crippen molar-refractivity contribution < 1.29 is 9.53 Å². The summed E-state index contributed by atoms with van der Waals surface area (Å²) >= 11 is 6.00. The zero-order valence-corrected chi connectivity index (χ0v) is 13.3. The van der Waals surface area contributed by atoms with Crippen molar-refractivity contribution in [2.45, 2.75) is 6.42 Å². The number of amides is 1. The smallest absolute Gasteiger partial charge is 0.224 e. The molecule has 0 atom stereocenters. The van der Waals surface area contributed by atoms with Gasteiger partial charge in [0.15, 0.2) is 0 Å². The molecule has 118 valence electrons. The van der Waals surface area contributed by atoms with Crippen LogP contribution in [0.5, 0.6) is 5.75 Å². The molecule has 0 aliphatic carbocycles. The van der Waals surface area contributed by atoms with Crippen LogP contribution in [0.15, 0.2) is 54.7 Å². The maximum atomic E-state index is 12.0. The van der Waals surface area contributed by atoms with Crippen LogP contribution in [-0.2, 0) is 11.2 Å². The van der Waals surface area contributed by atoms with Crippen molar-refractivity contribution in [1.29, 1.82) is 0 Å². The molecule has 5 heteroatoms. The summed E-state index contributed by atoms with van der Waals surface area (Å²) in [4.78, 5) is 15.2. The molecule has 1 aromatic heterocycles. The van der Waals surface area contributed by atoms with E-state index in [1.165, 1.54) is 0 Å². The Kier molecular flexibility index (Phi) is 4.83. The first-order valence-corrected chi connectivity index (χ1v) is 7.81. The van der Waals surface area contributed by atoms with Gasteiger partial charge in [-0.15, -0.1) is 0 Å². The van der Waals surface area contributed by atoms with Crippen LogP contribution in [0.25, 0.3) is 10.9 Å². The summed E-state index contributed by atoms with van der Waals surface area (Å²) in [5.41, 5.74) is 2.03. The van der Waals surface area contributed by atoms with Crippen molar-refractivity contribution in [3.8, 4) is 5.75 Å². The van der Waals surface area contributed by atoms with E-state index >= 15 is 0 Å². The summed E-state index contributed by atoms with van der Waals surface area (Å²) in [6.07, 6.45) is 2.22. The first-order chi connectivity index (χ1) is 11.2. The highest BCUT2D eigenvalue weighted by Gasteiger charge is 2.08. The lowest BCUT2D eigenvalue weighted by Gasteiger charge is -2.08. The van der Waals surface area contributed by atoms with E-state index in [1.54, 1.807) is 12.1 Å². The van der Waals surface area contributed by atoms with Crippen molar-refractivity contribution in [3.63, 3.8) is 0 Å². The minimum absolute atomic E-state index is 0.0301. The summed E-state index contributed by atoms with van der Waals surface area (Å²) in [6.45, 7) is 0.815. The summed E-state index contributed by atoms with van der Waals surface area (Å²) in [7, 11) is 0. The Morgan fingerprint density at radius 2 is 1.91 bits per heavy atom. The lowest BCUT2D eigenvalue weighted by atomic mass is 10.1. The van der Waals surface area contributed by atoms with Crippen LogP contribution in [-0.4, -0.2) is 24.0 Å². The molecule has 2 N–H and O–H groups in total. The van der Waals surface area contributed by atoms with E-state index in [1.807, 2.05) is 42.6 Å². The van der Waals surface area contributed by atoms with Crippen molar-refractivity contribution in [3.05, 3.63) is 65.3 Å². The predicted molar refractivity (Wildman–Crippen MR) is 92.0 cm³/mol. The lowest BCUT2D eigenvalue weighted by molar-refractivity contribution is -0.120. The molecule has 1 heterocycles. The standard InChI is InChI=1S/C18H17ClN2O2/c19-15-6-2-4-8-17(15)23-10-9-20-18(22)11-13-12-21-16-7-3-1-5-14(13)16/h1-8,12,21H,9-11H2,(H,20,22). The largest absolute Gasteiger partial charge is 0.490 e. The van der Waals surface area contributed by atoms with Gasteiger partial charge in [-0.3, -0.25) is 4.79 Å². The van der Waals surface area contributed by atoms with Gasteiger partial charge in [-0.2, -0.15) is 0 Å². The number of H-pyrrole nitrogens is 1. The highest BCUT2D eigenvalue weighted by atomic mass is 35.5. The molecular formula is C18H17ClN2O2. The minimum atomic E-state index is -0.0301. The van der Waals surface area contributed by atoms with E-state index in [0.717, 1.165) is 16.5 Å². The fourth-order valence-corrected chi connectivity index (χ4v) is 2.62. The number of rotatable bonds is 6. The third kappa shape index (κ3) is 3.85. The molecule has 0 saturated heterocycles. The molecule has 0 spiro atoms. The number of aromatic amines is 1. The second-order valence-electron chi connectivity index (χ2n) is 5.17. The predicted octanol–water partition coefficient (Wildman–Crippen LogP) is 3.56. The molecule has 0 aliphatic rings. The number of nitrogens with one attached hydrogen (secondary N) is 2. The average Bonchev–Trinajstić information content (AvgIpc) is 2.96. The molecule has 0 fully saturated rings. The topological polar surface area (TPSA) is 54.1 Å². The number of ether oxygens (including phenoxy) is 1. The van der Waals surface area contributed by atoms with Crippen LogP contribution < -0.4 is 10.1 Å². The Balaban J connectivity index is 1.48. The molecule has 0 bridgehead atoms. The zero-order chi connectivity index (χ0) is 16.1.